The third kappa shape index (κ3) is 6.15. The molecule has 3 amide bonds. The predicted octanol–water partition coefficient (Wildman–Crippen LogP) is 1.04. The molecule has 8 heteroatoms. The maximum absolute atomic E-state index is 12.7. The lowest BCUT2D eigenvalue weighted by atomic mass is 9.98. The lowest BCUT2D eigenvalue weighted by Gasteiger charge is -2.26. The number of hydrogen-bond donors (Lipinski definition) is 4. The highest BCUT2D eigenvalue weighted by Gasteiger charge is 2.32. The van der Waals surface area contributed by atoms with E-state index in [4.69, 9.17) is 11.0 Å². The summed E-state index contributed by atoms with van der Waals surface area (Å²) in [4.78, 5) is 36.9. The number of aliphatic hydroxyl groups is 1. The first-order chi connectivity index (χ1) is 14.3. The van der Waals surface area contributed by atoms with E-state index >= 15 is 0 Å². The molecular weight excluding hydrogens is 384 g/mol. The maximum Gasteiger partial charge on any atom is 0.252 e. The van der Waals surface area contributed by atoms with Gasteiger partial charge in [0, 0.05) is 11.5 Å². The molecule has 5 N–H and O–H groups in total. The van der Waals surface area contributed by atoms with Crippen LogP contribution in [0.15, 0.2) is 60.7 Å². The van der Waals surface area contributed by atoms with Gasteiger partial charge in [-0.15, -0.1) is 0 Å². The van der Waals surface area contributed by atoms with Gasteiger partial charge in [0.1, 0.15) is 6.04 Å². The Kier molecular flexibility index (Phi) is 8.08. The maximum atomic E-state index is 12.7. The van der Waals surface area contributed by atoms with E-state index in [9.17, 15) is 19.5 Å². The summed E-state index contributed by atoms with van der Waals surface area (Å²) >= 11 is 0. The Balaban J connectivity index is 2.22. The quantitative estimate of drug-likeness (QED) is 0.490. The summed E-state index contributed by atoms with van der Waals surface area (Å²) in [6.07, 6.45) is -1.68. The van der Waals surface area contributed by atoms with Crippen molar-refractivity contribution in [1.82, 2.24) is 10.6 Å². The van der Waals surface area contributed by atoms with E-state index in [1.165, 1.54) is 0 Å². The number of nitrogens with one attached hydrogen (secondary N) is 2. The average Bonchev–Trinajstić information content (AvgIpc) is 2.77. The predicted molar refractivity (Wildman–Crippen MR) is 110 cm³/mol. The van der Waals surface area contributed by atoms with Crippen molar-refractivity contribution >= 4 is 17.7 Å². The number of aliphatic hydroxyl groups excluding tert-OH is 1. The van der Waals surface area contributed by atoms with Gasteiger partial charge in [-0.1, -0.05) is 48.5 Å². The molecule has 30 heavy (non-hydrogen) atoms. The van der Waals surface area contributed by atoms with Crippen molar-refractivity contribution in [3.05, 3.63) is 71.8 Å². The van der Waals surface area contributed by atoms with Gasteiger partial charge in [-0.25, -0.2) is 0 Å². The molecule has 156 valence electrons. The number of carbonyl (C=O) groups is 3. The van der Waals surface area contributed by atoms with Crippen molar-refractivity contribution in [3.8, 4) is 6.07 Å². The zero-order valence-corrected chi connectivity index (χ0v) is 16.5. The number of nitriles is 1. The number of carbonyl (C=O) groups excluding carboxylic acids is 3. The van der Waals surface area contributed by atoms with Gasteiger partial charge in [0.05, 0.1) is 12.1 Å². The molecular formula is C22H24N4O4. The largest absolute Gasteiger partial charge is 0.381 e. The second kappa shape index (κ2) is 10.7. The first-order valence-corrected chi connectivity index (χ1v) is 9.41. The molecule has 0 saturated carbocycles. The molecule has 0 heterocycles. The summed E-state index contributed by atoms with van der Waals surface area (Å²) in [6, 6.07) is 16.7. The van der Waals surface area contributed by atoms with Gasteiger partial charge in [-0.2, -0.15) is 5.26 Å². The summed E-state index contributed by atoms with van der Waals surface area (Å²) in [6.45, 7) is 1.59. The summed E-state index contributed by atoms with van der Waals surface area (Å²) in [5.41, 5.74) is 6.19. The fourth-order valence-corrected chi connectivity index (χ4v) is 2.88. The van der Waals surface area contributed by atoms with E-state index in [0.29, 0.717) is 11.1 Å². The highest BCUT2D eigenvalue weighted by Crippen LogP contribution is 2.19. The monoisotopic (exact) mass is 408 g/mol. The minimum absolute atomic E-state index is 0.0106. The van der Waals surface area contributed by atoms with E-state index < -0.39 is 41.8 Å². The molecule has 0 fully saturated rings. The van der Waals surface area contributed by atoms with Crippen molar-refractivity contribution < 1.29 is 19.5 Å². The van der Waals surface area contributed by atoms with E-state index in [2.05, 4.69) is 10.6 Å². The van der Waals surface area contributed by atoms with Crippen LogP contribution in [0.2, 0.25) is 0 Å². The summed E-state index contributed by atoms with van der Waals surface area (Å²) in [5, 5.41) is 24.7. The van der Waals surface area contributed by atoms with Gasteiger partial charge in [0.2, 0.25) is 5.91 Å². The van der Waals surface area contributed by atoms with Crippen molar-refractivity contribution in [2.75, 3.05) is 0 Å². The minimum Gasteiger partial charge on any atom is -0.381 e. The second-order valence-corrected chi connectivity index (χ2v) is 6.90. The van der Waals surface area contributed by atoms with Crippen LogP contribution >= 0.6 is 0 Å². The van der Waals surface area contributed by atoms with E-state index in [1.54, 1.807) is 67.6 Å². The van der Waals surface area contributed by atoms with Crippen LogP contribution in [0, 0.1) is 17.2 Å². The van der Waals surface area contributed by atoms with Gasteiger partial charge < -0.3 is 21.5 Å². The number of nitrogens with zero attached hydrogens (tertiary/aromatic N) is 1. The molecule has 0 radical (unpaired) electrons. The number of primary amides is 1. The van der Waals surface area contributed by atoms with Crippen LogP contribution in [0.5, 0.6) is 0 Å². The molecule has 0 aliphatic heterocycles. The van der Waals surface area contributed by atoms with Crippen LogP contribution in [0.25, 0.3) is 0 Å². The lowest BCUT2D eigenvalue weighted by Crippen LogP contribution is -2.52. The van der Waals surface area contributed by atoms with Gasteiger partial charge in [-0.3, -0.25) is 14.4 Å². The fourth-order valence-electron chi connectivity index (χ4n) is 2.88. The lowest BCUT2D eigenvalue weighted by molar-refractivity contribution is -0.134. The molecule has 0 bridgehead atoms. The number of rotatable bonds is 9. The van der Waals surface area contributed by atoms with Crippen LogP contribution in [0.3, 0.4) is 0 Å². The Morgan fingerprint density at radius 2 is 1.60 bits per heavy atom. The number of amides is 3. The highest BCUT2D eigenvalue weighted by atomic mass is 16.3. The molecule has 2 aromatic carbocycles. The highest BCUT2D eigenvalue weighted by molar-refractivity contribution is 5.95. The molecule has 0 saturated heterocycles. The molecule has 0 spiro atoms. The van der Waals surface area contributed by atoms with Gasteiger partial charge in [-0.05, 0) is 31.0 Å². The number of benzene rings is 2. The van der Waals surface area contributed by atoms with Crippen LogP contribution in [-0.2, 0) is 9.59 Å². The molecule has 8 nitrogen and oxygen atoms in total. The van der Waals surface area contributed by atoms with Crippen molar-refractivity contribution in [2.24, 2.45) is 11.7 Å². The Hall–Kier alpha value is -3.70. The average molecular weight is 408 g/mol. The Morgan fingerprint density at radius 3 is 2.13 bits per heavy atom. The first kappa shape index (κ1) is 22.6. The third-order valence-electron chi connectivity index (χ3n) is 4.54. The fraction of sp³-hybridized carbons (Fsp3) is 0.273. The molecule has 0 unspecified atom stereocenters. The summed E-state index contributed by atoms with van der Waals surface area (Å²) in [7, 11) is 0. The van der Waals surface area contributed by atoms with Crippen LogP contribution < -0.4 is 16.4 Å². The van der Waals surface area contributed by atoms with Gasteiger partial charge in [0.15, 0.2) is 6.10 Å². The van der Waals surface area contributed by atoms with Crippen LogP contribution in [0.1, 0.15) is 35.3 Å². The third-order valence-corrected chi connectivity index (χ3v) is 4.54. The Labute approximate surface area is 174 Å². The van der Waals surface area contributed by atoms with Crippen LogP contribution in [0.4, 0.5) is 0 Å². The Morgan fingerprint density at radius 1 is 1.03 bits per heavy atom. The minimum atomic E-state index is -1.70. The van der Waals surface area contributed by atoms with E-state index in [0.717, 1.165) is 0 Å². The van der Waals surface area contributed by atoms with Gasteiger partial charge >= 0.3 is 0 Å². The zero-order chi connectivity index (χ0) is 22.1. The van der Waals surface area contributed by atoms with Gasteiger partial charge in [0.25, 0.3) is 11.8 Å². The summed E-state index contributed by atoms with van der Waals surface area (Å²) < 4.78 is 0. The normalized spacial score (nSPS) is 14.4. The smallest absolute Gasteiger partial charge is 0.252 e. The molecule has 2 aromatic rings. The Bertz CT molecular complexity index is 912. The molecule has 0 aromatic heterocycles. The van der Waals surface area contributed by atoms with E-state index in [-0.39, 0.29) is 6.42 Å². The molecule has 2 rings (SSSR count). The molecule has 4 atom stereocenters. The first-order valence-electron chi connectivity index (χ1n) is 9.41. The second-order valence-electron chi connectivity index (χ2n) is 6.90. The standard InChI is InChI=1S/C22H24N4O4/c1-14(13-23)12-17(20(24)28)25-22(30)19(27)18(15-8-4-2-5-9-15)26-21(29)16-10-6-3-7-11-16/h2-11,14,17-19,27H,12H2,1H3,(H2,24,28)(H,25,30)(H,26,29)/t14-,17-,18-,19+/m0/s1. The van der Waals surface area contributed by atoms with Crippen molar-refractivity contribution in [2.45, 2.75) is 31.5 Å². The molecule has 0 aliphatic carbocycles. The number of hydrogen-bond acceptors (Lipinski definition) is 5. The van der Waals surface area contributed by atoms with Crippen molar-refractivity contribution in [3.63, 3.8) is 0 Å². The van der Waals surface area contributed by atoms with Crippen LogP contribution in [-0.4, -0.2) is 35.0 Å². The zero-order valence-electron chi connectivity index (χ0n) is 16.5. The topological polar surface area (TPSA) is 145 Å². The number of nitrogens with two attached hydrogens (primary N) is 1. The van der Waals surface area contributed by atoms with E-state index in [1.807, 2.05) is 6.07 Å². The SMILES string of the molecule is C[C@H](C#N)C[C@H](NC(=O)[C@H](O)[C@@H](NC(=O)c1ccccc1)c1ccccc1)C(N)=O. The summed E-state index contributed by atoms with van der Waals surface area (Å²) in [5.74, 6) is -2.70. The molecule has 0 aliphatic rings. The van der Waals surface area contributed by atoms with Crippen molar-refractivity contribution in [1.29, 1.82) is 5.26 Å².